The van der Waals surface area contributed by atoms with Crippen LogP contribution in [0.4, 0.5) is 5.69 Å². The second kappa shape index (κ2) is 9.07. The Morgan fingerprint density at radius 3 is 2.30 bits per heavy atom. The van der Waals surface area contributed by atoms with E-state index in [0.29, 0.717) is 16.6 Å². The van der Waals surface area contributed by atoms with E-state index in [2.05, 4.69) is 29.0 Å². The molecule has 1 heterocycles. The lowest BCUT2D eigenvalue weighted by Gasteiger charge is -2.34. The van der Waals surface area contributed by atoms with Gasteiger partial charge < -0.3 is 5.32 Å². The van der Waals surface area contributed by atoms with E-state index in [-0.39, 0.29) is 5.91 Å². The molecule has 0 spiro atoms. The molecule has 1 aliphatic rings. The molecule has 1 saturated heterocycles. The fourth-order valence-electron chi connectivity index (χ4n) is 3.22. The predicted octanol–water partition coefficient (Wildman–Crippen LogP) is 4.37. The van der Waals surface area contributed by atoms with Gasteiger partial charge in [0.1, 0.15) is 0 Å². The van der Waals surface area contributed by atoms with Crippen LogP contribution in [0.1, 0.15) is 16.7 Å². The Bertz CT molecular complexity index is 817. The number of benzene rings is 2. The molecule has 4 nitrogen and oxygen atoms in total. The Kier molecular flexibility index (Phi) is 6.77. The number of hydrogen-bond donors (Lipinski definition) is 1. The molecule has 6 heteroatoms. The third-order valence-electron chi connectivity index (χ3n) is 5.01. The van der Waals surface area contributed by atoms with Crippen LogP contribution >= 0.6 is 23.2 Å². The maximum Gasteiger partial charge on any atom is 0.238 e. The largest absolute Gasteiger partial charge is 0.325 e. The smallest absolute Gasteiger partial charge is 0.238 e. The highest BCUT2D eigenvalue weighted by Gasteiger charge is 2.19. The summed E-state index contributed by atoms with van der Waals surface area (Å²) in [5.41, 5.74) is 4.43. The Hall–Kier alpha value is -1.59. The lowest BCUT2D eigenvalue weighted by Crippen LogP contribution is -2.48. The Labute approximate surface area is 171 Å². The van der Waals surface area contributed by atoms with Crippen molar-refractivity contribution in [3.05, 3.63) is 63.1 Å². The first-order valence-corrected chi connectivity index (χ1v) is 9.92. The highest BCUT2D eigenvalue weighted by atomic mass is 35.5. The molecule has 1 fully saturated rings. The lowest BCUT2D eigenvalue weighted by atomic mass is 10.1. The van der Waals surface area contributed by atoms with Crippen LogP contribution < -0.4 is 5.32 Å². The van der Waals surface area contributed by atoms with Crippen LogP contribution in [0.5, 0.6) is 0 Å². The summed E-state index contributed by atoms with van der Waals surface area (Å²) in [4.78, 5) is 16.9. The van der Waals surface area contributed by atoms with Crippen LogP contribution in [0.15, 0.2) is 36.4 Å². The van der Waals surface area contributed by atoms with Gasteiger partial charge in [0.25, 0.3) is 0 Å². The van der Waals surface area contributed by atoms with Crippen molar-refractivity contribution in [3.63, 3.8) is 0 Å². The molecular formula is C21H25Cl2N3O. The fourth-order valence-corrected chi connectivity index (χ4v) is 3.55. The van der Waals surface area contributed by atoms with Gasteiger partial charge in [-0.25, -0.2) is 0 Å². The van der Waals surface area contributed by atoms with Crippen molar-refractivity contribution in [2.45, 2.75) is 20.4 Å². The third kappa shape index (κ3) is 5.69. The minimum atomic E-state index is 0.0381. The van der Waals surface area contributed by atoms with Gasteiger partial charge in [0.2, 0.25) is 5.91 Å². The van der Waals surface area contributed by atoms with Gasteiger partial charge in [0, 0.05) is 38.4 Å². The Morgan fingerprint density at radius 2 is 1.63 bits per heavy atom. The van der Waals surface area contributed by atoms with E-state index >= 15 is 0 Å². The second-order valence-corrected chi connectivity index (χ2v) is 7.96. The number of amides is 1. The second-order valence-electron chi connectivity index (χ2n) is 7.15. The molecule has 0 radical (unpaired) electrons. The molecule has 3 rings (SSSR count). The molecule has 0 saturated carbocycles. The van der Waals surface area contributed by atoms with Gasteiger partial charge in [-0.05, 0) is 54.8 Å². The number of carbonyl (C=O) groups is 1. The summed E-state index contributed by atoms with van der Waals surface area (Å²) in [6.07, 6.45) is 0. The van der Waals surface area contributed by atoms with E-state index in [1.807, 2.05) is 36.4 Å². The van der Waals surface area contributed by atoms with E-state index in [1.165, 1.54) is 11.1 Å². The number of piperazine rings is 1. The minimum Gasteiger partial charge on any atom is -0.325 e. The molecule has 2 aromatic rings. The van der Waals surface area contributed by atoms with E-state index in [0.717, 1.165) is 44.0 Å². The van der Waals surface area contributed by atoms with Crippen molar-refractivity contribution in [1.82, 2.24) is 9.80 Å². The molecule has 0 bridgehead atoms. The van der Waals surface area contributed by atoms with Crippen molar-refractivity contribution in [1.29, 1.82) is 0 Å². The quantitative estimate of drug-likeness (QED) is 0.801. The number of rotatable bonds is 5. The van der Waals surface area contributed by atoms with Crippen molar-refractivity contribution in [2.24, 2.45) is 0 Å². The summed E-state index contributed by atoms with van der Waals surface area (Å²) in [6.45, 7) is 9.00. The van der Waals surface area contributed by atoms with Crippen LogP contribution in [-0.4, -0.2) is 48.4 Å². The van der Waals surface area contributed by atoms with E-state index in [4.69, 9.17) is 23.2 Å². The van der Waals surface area contributed by atoms with Gasteiger partial charge in [0.15, 0.2) is 0 Å². The van der Waals surface area contributed by atoms with E-state index < -0.39 is 0 Å². The van der Waals surface area contributed by atoms with Crippen LogP contribution in [0.25, 0.3) is 0 Å². The summed E-state index contributed by atoms with van der Waals surface area (Å²) in [5, 5.41) is 4.18. The van der Waals surface area contributed by atoms with E-state index in [1.54, 1.807) is 0 Å². The highest BCUT2D eigenvalue weighted by molar-refractivity contribution is 6.42. The number of halogens is 2. The first kappa shape index (κ1) is 20.2. The number of nitrogens with one attached hydrogen (secondary N) is 1. The third-order valence-corrected chi connectivity index (χ3v) is 5.75. The zero-order chi connectivity index (χ0) is 19.4. The van der Waals surface area contributed by atoms with Crippen LogP contribution in [-0.2, 0) is 11.3 Å². The molecule has 144 valence electrons. The lowest BCUT2D eigenvalue weighted by molar-refractivity contribution is -0.117. The number of anilines is 1. The molecule has 1 N–H and O–H groups in total. The van der Waals surface area contributed by atoms with Gasteiger partial charge >= 0.3 is 0 Å². The fraction of sp³-hybridized carbons (Fsp3) is 0.381. The summed E-state index contributed by atoms with van der Waals surface area (Å²) < 4.78 is 0. The summed E-state index contributed by atoms with van der Waals surface area (Å²) in [5.74, 6) is 0.0381. The average Bonchev–Trinajstić information content (AvgIpc) is 2.63. The molecule has 2 aromatic carbocycles. The number of hydrogen-bond acceptors (Lipinski definition) is 3. The molecular weight excluding hydrogens is 381 g/mol. The monoisotopic (exact) mass is 405 g/mol. The van der Waals surface area contributed by atoms with Gasteiger partial charge in [-0.1, -0.05) is 35.3 Å². The molecule has 0 aromatic heterocycles. The van der Waals surface area contributed by atoms with Crippen molar-refractivity contribution < 1.29 is 4.79 Å². The average molecular weight is 406 g/mol. The van der Waals surface area contributed by atoms with Crippen LogP contribution in [0.2, 0.25) is 10.0 Å². The maximum absolute atomic E-state index is 12.3. The predicted molar refractivity (Wildman–Crippen MR) is 113 cm³/mol. The highest BCUT2D eigenvalue weighted by Crippen LogP contribution is 2.23. The van der Waals surface area contributed by atoms with Crippen molar-refractivity contribution in [2.75, 3.05) is 38.0 Å². The van der Waals surface area contributed by atoms with Crippen LogP contribution in [0.3, 0.4) is 0 Å². The molecule has 1 amide bonds. The number of nitrogens with zero attached hydrogens (tertiary/aromatic N) is 2. The standard InChI is InChI=1S/C21H25Cl2N3O/c1-15-3-5-18(11-16(15)2)24-21(27)14-26-9-7-25(8-10-26)13-17-4-6-19(22)20(23)12-17/h3-6,11-12H,7-10,13-14H2,1-2H3,(H,24,27). The molecule has 27 heavy (non-hydrogen) atoms. The molecule has 0 aliphatic carbocycles. The van der Waals surface area contributed by atoms with Gasteiger partial charge in [0.05, 0.1) is 16.6 Å². The first-order valence-electron chi connectivity index (χ1n) is 9.16. The normalized spacial score (nSPS) is 15.7. The zero-order valence-corrected chi connectivity index (χ0v) is 17.3. The van der Waals surface area contributed by atoms with Gasteiger partial charge in [-0.3, -0.25) is 14.6 Å². The van der Waals surface area contributed by atoms with Gasteiger partial charge in [-0.15, -0.1) is 0 Å². The number of aryl methyl sites for hydroxylation is 2. The molecule has 1 aliphatic heterocycles. The summed E-state index contributed by atoms with van der Waals surface area (Å²) in [7, 11) is 0. The van der Waals surface area contributed by atoms with Crippen LogP contribution in [0, 0.1) is 13.8 Å². The SMILES string of the molecule is Cc1ccc(NC(=O)CN2CCN(Cc3ccc(Cl)c(Cl)c3)CC2)cc1C. The maximum atomic E-state index is 12.3. The zero-order valence-electron chi connectivity index (χ0n) is 15.8. The van der Waals surface area contributed by atoms with E-state index in [9.17, 15) is 4.79 Å². The Balaban J connectivity index is 1.45. The van der Waals surface area contributed by atoms with Crippen molar-refractivity contribution in [3.8, 4) is 0 Å². The van der Waals surface area contributed by atoms with Gasteiger partial charge in [-0.2, -0.15) is 0 Å². The van der Waals surface area contributed by atoms with Crippen molar-refractivity contribution >= 4 is 34.8 Å². The number of carbonyl (C=O) groups excluding carboxylic acids is 1. The molecule has 0 atom stereocenters. The summed E-state index contributed by atoms with van der Waals surface area (Å²) in [6, 6.07) is 11.8. The Morgan fingerprint density at radius 1 is 0.926 bits per heavy atom. The first-order chi connectivity index (χ1) is 12.9. The summed E-state index contributed by atoms with van der Waals surface area (Å²) >= 11 is 12.1. The minimum absolute atomic E-state index is 0.0381. The topological polar surface area (TPSA) is 35.6 Å². The molecule has 0 unspecified atom stereocenters.